The summed E-state index contributed by atoms with van der Waals surface area (Å²) in [7, 11) is 0. The summed E-state index contributed by atoms with van der Waals surface area (Å²) in [5.41, 5.74) is 0. The Bertz CT molecular complexity index is 414. The Labute approximate surface area is 133 Å². The molecule has 3 aliphatic rings. The summed E-state index contributed by atoms with van der Waals surface area (Å²) in [5.74, 6) is 0.283. The first-order valence-corrected chi connectivity index (χ1v) is 8.74. The molecule has 22 heavy (non-hydrogen) atoms. The Morgan fingerprint density at radius 2 is 1.73 bits per heavy atom. The molecule has 3 saturated heterocycles. The SMILES string of the molecule is CCN1CCN(C2CCN(CC(=O)N3CCCC3)CC2)C1=O. The lowest BCUT2D eigenvalue weighted by molar-refractivity contribution is -0.131. The van der Waals surface area contributed by atoms with Gasteiger partial charge in [-0.1, -0.05) is 0 Å². The predicted octanol–water partition coefficient (Wildman–Crippen LogP) is 0.831. The highest BCUT2D eigenvalue weighted by atomic mass is 16.2. The third-order valence-electron chi connectivity index (χ3n) is 5.32. The van der Waals surface area contributed by atoms with Gasteiger partial charge in [0.1, 0.15) is 0 Å². The van der Waals surface area contributed by atoms with Gasteiger partial charge in [0.2, 0.25) is 5.91 Å². The van der Waals surface area contributed by atoms with Gasteiger partial charge < -0.3 is 14.7 Å². The lowest BCUT2D eigenvalue weighted by atomic mass is 10.0. The highest BCUT2D eigenvalue weighted by molar-refractivity contribution is 5.78. The van der Waals surface area contributed by atoms with Crippen molar-refractivity contribution in [3.8, 4) is 0 Å². The van der Waals surface area contributed by atoms with Gasteiger partial charge in [0.25, 0.3) is 0 Å². The van der Waals surface area contributed by atoms with Crippen LogP contribution in [0.25, 0.3) is 0 Å². The molecule has 0 saturated carbocycles. The molecule has 3 rings (SSSR count). The van der Waals surface area contributed by atoms with Crippen molar-refractivity contribution in [1.82, 2.24) is 19.6 Å². The van der Waals surface area contributed by atoms with Crippen molar-refractivity contribution in [2.24, 2.45) is 0 Å². The number of carbonyl (C=O) groups excluding carboxylic acids is 2. The summed E-state index contributed by atoms with van der Waals surface area (Å²) < 4.78 is 0. The Kier molecular flexibility index (Phi) is 4.86. The topological polar surface area (TPSA) is 47.1 Å². The van der Waals surface area contributed by atoms with Gasteiger partial charge in [-0.2, -0.15) is 0 Å². The van der Waals surface area contributed by atoms with Crippen LogP contribution in [0.3, 0.4) is 0 Å². The second-order valence-corrected chi connectivity index (χ2v) is 6.65. The van der Waals surface area contributed by atoms with Crippen molar-refractivity contribution in [3.05, 3.63) is 0 Å². The van der Waals surface area contributed by atoms with Gasteiger partial charge in [0.15, 0.2) is 0 Å². The van der Waals surface area contributed by atoms with E-state index in [-0.39, 0.29) is 11.9 Å². The van der Waals surface area contributed by atoms with Gasteiger partial charge in [-0.15, -0.1) is 0 Å². The number of likely N-dealkylation sites (tertiary alicyclic amines) is 2. The second kappa shape index (κ2) is 6.86. The number of nitrogens with zero attached hydrogens (tertiary/aromatic N) is 4. The molecule has 6 nitrogen and oxygen atoms in total. The predicted molar refractivity (Wildman–Crippen MR) is 84.6 cm³/mol. The van der Waals surface area contributed by atoms with Crippen LogP contribution >= 0.6 is 0 Å². The normalized spacial score (nSPS) is 24.6. The van der Waals surface area contributed by atoms with Gasteiger partial charge in [0, 0.05) is 51.9 Å². The molecule has 3 fully saturated rings. The number of hydrogen-bond acceptors (Lipinski definition) is 3. The number of rotatable bonds is 4. The van der Waals surface area contributed by atoms with Crippen molar-refractivity contribution >= 4 is 11.9 Å². The summed E-state index contributed by atoms with van der Waals surface area (Å²) >= 11 is 0. The fourth-order valence-electron chi connectivity index (χ4n) is 3.88. The Hall–Kier alpha value is -1.30. The molecule has 0 aliphatic carbocycles. The number of carbonyl (C=O) groups is 2. The Balaban J connectivity index is 1.44. The number of urea groups is 1. The maximum atomic E-state index is 12.2. The largest absolute Gasteiger partial charge is 0.342 e. The van der Waals surface area contributed by atoms with Crippen LogP contribution in [0, 0.1) is 0 Å². The van der Waals surface area contributed by atoms with Crippen LogP contribution in [0.2, 0.25) is 0 Å². The molecule has 0 N–H and O–H groups in total. The van der Waals surface area contributed by atoms with E-state index in [1.807, 2.05) is 21.6 Å². The maximum Gasteiger partial charge on any atom is 0.320 e. The van der Waals surface area contributed by atoms with Crippen molar-refractivity contribution in [2.45, 2.75) is 38.6 Å². The molecular weight excluding hydrogens is 280 g/mol. The summed E-state index contributed by atoms with van der Waals surface area (Å²) in [6, 6.07) is 0.566. The van der Waals surface area contributed by atoms with Crippen LogP contribution in [0.4, 0.5) is 4.79 Å². The molecule has 0 atom stereocenters. The van der Waals surface area contributed by atoms with Crippen LogP contribution < -0.4 is 0 Å². The molecule has 0 aromatic carbocycles. The van der Waals surface area contributed by atoms with Gasteiger partial charge in [0.05, 0.1) is 6.54 Å². The van der Waals surface area contributed by atoms with Crippen molar-refractivity contribution < 1.29 is 9.59 Å². The third-order valence-corrected chi connectivity index (χ3v) is 5.32. The standard InChI is InChI=1S/C16H28N4O2/c1-2-18-11-12-20(16(18)22)14-5-9-17(10-6-14)13-15(21)19-7-3-4-8-19/h14H,2-13H2,1H3. The maximum absolute atomic E-state index is 12.2. The van der Waals surface area contributed by atoms with E-state index in [0.29, 0.717) is 12.6 Å². The molecule has 0 bridgehead atoms. The van der Waals surface area contributed by atoms with E-state index in [4.69, 9.17) is 0 Å². The van der Waals surface area contributed by atoms with Crippen molar-refractivity contribution in [1.29, 1.82) is 0 Å². The van der Waals surface area contributed by atoms with E-state index < -0.39 is 0 Å². The number of amides is 3. The van der Waals surface area contributed by atoms with Crippen molar-refractivity contribution in [3.63, 3.8) is 0 Å². The van der Waals surface area contributed by atoms with Crippen LogP contribution in [-0.2, 0) is 4.79 Å². The third kappa shape index (κ3) is 3.21. The van der Waals surface area contributed by atoms with E-state index in [9.17, 15) is 9.59 Å². The van der Waals surface area contributed by atoms with Crippen LogP contribution in [-0.4, -0.2) is 89.9 Å². The summed E-state index contributed by atoms with van der Waals surface area (Å²) in [6.07, 6.45) is 4.30. The van der Waals surface area contributed by atoms with E-state index in [1.165, 1.54) is 0 Å². The summed E-state index contributed by atoms with van der Waals surface area (Å²) in [5, 5.41) is 0. The van der Waals surface area contributed by atoms with E-state index in [1.54, 1.807) is 0 Å². The molecule has 3 aliphatic heterocycles. The Morgan fingerprint density at radius 1 is 1.05 bits per heavy atom. The lowest BCUT2D eigenvalue weighted by Gasteiger charge is -2.36. The summed E-state index contributed by atoms with van der Waals surface area (Å²) in [4.78, 5) is 32.7. The monoisotopic (exact) mass is 308 g/mol. The first-order valence-electron chi connectivity index (χ1n) is 8.74. The van der Waals surface area contributed by atoms with E-state index in [2.05, 4.69) is 4.90 Å². The van der Waals surface area contributed by atoms with Crippen molar-refractivity contribution in [2.75, 3.05) is 52.4 Å². The highest BCUT2D eigenvalue weighted by Gasteiger charge is 2.35. The highest BCUT2D eigenvalue weighted by Crippen LogP contribution is 2.21. The zero-order valence-electron chi connectivity index (χ0n) is 13.7. The number of hydrogen-bond donors (Lipinski definition) is 0. The molecule has 3 heterocycles. The van der Waals surface area contributed by atoms with Gasteiger partial charge in [-0.25, -0.2) is 4.79 Å². The minimum atomic E-state index is 0.203. The fraction of sp³-hybridized carbons (Fsp3) is 0.875. The lowest BCUT2D eigenvalue weighted by Crippen LogP contribution is -2.48. The van der Waals surface area contributed by atoms with Crippen LogP contribution in [0.1, 0.15) is 32.6 Å². The van der Waals surface area contributed by atoms with E-state index >= 15 is 0 Å². The molecule has 0 aromatic rings. The molecule has 3 amide bonds. The fourth-order valence-corrected chi connectivity index (χ4v) is 3.88. The van der Waals surface area contributed by atoms with Gasteiger partial charge in [-0.05, 0) is 32.6 Å². The van der Waals surface area contributed by atoms with Crippen LogP contribution in [0.15, 0.2) is 0 Å². The first kappa shape index (κ1) is 15.6. The molecular formula is C16H28N4O2. The zero-order chi connectivity index (χ0) is 15.5. The average Bonchev–Trinajstić information content (AvgIpc) is 3.18. The molecule has 0 aromatic heterocycles. The summed E-state index contributed by atoms with van der Waals surface area (Å²) in [6.45, 7) is 8.86. The minimum absolute atomic E-state index is 0.203. The number of likely N-dealkylation sites (N-methyl/N-ethyl adjacent to an activating group) is 1. The molecule has 6 heteroatoms. The quantitative estimate of drug-likeness (QED) is 0.773. The average molecular weight is 308 g/mol. The smallest absolute Gasteiger partial charge is 0.320 e. The van der Waals surface area contributed by atoms with Crippen LogP contribution in [0.5, 0.6) is 0 Å². The first-order chi connectivity index (χ1) is 10.7. The van der Waals surface area contributed by atoms with Gasteiger partial charge in [-0.3, -0.25) is 9.69 Å². The Morgan fingerprint density at radius 3 is 2.32 bits per heavy atom. The molecule has 0 radical (unpaired) electrons. The molecule has 0 unspecified atom stereocenters. The second-order valence-electron chi connectivity index (χ2n) is 6.65. The number of piperidine rings is 1. The minimum Gasteiger partial charge on any atom is -0.342 e. The van der Waals surface area contributed by atoms with E-state index in [0.717, 1.165) is 71.5 Å². The zero-order valence-corrected chi connectivity index (χ0v) is 13.7. The molecule has 0 spiro atoms. The van der Waals surface area contributed by atoms with Gasteiger partial charge >= 0.3 is 6.03 Å². The molecule has 124 valence electrons.